The summed E-state index contributed by atoms with van der Waals surface area (Å²) in [7, 11) is 0. The molecule has 0 aromatic heterocycles. The molecule has 1 saturated carbocycles. The Balaban J connectivity index is 1.75. The first-order chi connectivity index (χ1) is 9.78. The van der Waals surface area contributed by atoms with Crippen molar-refractivity contribution in [1.29, 1.82) is 0 Å². The summed E-state index contributed by atoms with van der Waals surface area (Å²) in [5.41, 5.74) is 2.10. The van der Waals surface area contributed by atoms with Crippen LogP contribution in [0.1, 0.15) is 44.6 Å². The zero-order chi connectivity index (χ0) is 14.2. The van der Waals surface area contributed by atoms with Gasteiger partial charge in [-0.05, 0) is 42.9 Å². The van der Waals surface area contributed by atoms with Crippen LogP contribution in [0.3, 0.4) is 0 Å². The predicted molar refractivity (Wildman–Crippen MR) is 83.7 cm³/mol. The number of aryl methyl sites for hydroxylation is 1. The van der Waals surface area contributed by atoms with Crippen molar-refractivity contribution in [2.75, 3.05) is 5.32 Å². The Morgan fingerprint density at radius 2 is 1.90 bits per heavy atom. The molecule has 0 heterocycles. The monoisotopic (exact) mass is 272 g/mol. The van der Waals surface area contributed by atoms with Gasteiger partial charge in [-0.15, -0.1) is 0 Å². The van der Waals surface area contributed by atoms with Crippen LogP contribution in [0.15, 0.2) is 36.5 Å². The molecule has 0 spiro atoms. The van der Waals surface area contributed by atoms with Crippen LogP contribution in [-0.2, 0) is 6.42 Å². The van der Waals surface area contributed by atoms with E-state index in [9.17, 15) is 4.79 Å². The fourth-order valence-electron chi connectivity index (χ4n) is 2.58. The number of rotatable bonds is 4. The second-order valence-electron chi connectivity index (χ2n) is 5.41. The number of benzene rings is 1. The van der Waals surface area contributed by atoms with Gasteiger partial charge in [0.15, 0.2) is 0 Å². The van der Waals surface area contributed by atoms with Gasteiger partial charge in [-0.1, -0.05) is 44.4 Å². The molecule has 1 aliphatic rings. The van der Waals surface area contributed by atoms with Gasteiger partial charge < -0.3 is 10.6 Å². The Bertz CT molecular complexity index is 445. The van der Waals surface area contributed by atoms with Gasteiger partial charge in [0.1, 0.15) is 0 Å². The highest BCUT2D eigenvalue weighted by Gasteiger charge is 2.09. The van der Waals surface area contributed by atoms with Crippen molar-refractivity contribution in [3.63, 3.8) is 0 Å². The quantitative estimate of drug-likeness (QED) is 0.834. The molecule has 108 valence electrons. The van der Waals surface area contributed by atoms with E-state index in [1.54, 1.807) is 6.20 Å². The number of nitrogens with one attached hydrogen (secondary N) is 2. The van der Waals surface area contributed by atoms with Gasteiger partial charge in [0.05, 0.1) is 0 Å². The number of anilines is 1. The van der Waals surface area contributed by atoms with Crippen molar-refractivity contribution >= 4 is 11.7 Å². The fourth-order valence-corrected chi connectivity index (χ4v) is 2.58. The summed E-state index contributed by atoms with van der Waals surface area (Å²) in [6, 6.07) is 7.76. The maximum atomic E-state index is 11.7. The maximum Gasteiger partial charge on any atom is 0.323 e. The first-order valence-corrected chi connectivity index (χ1v) is 7.61. The van der Waals surface area contributed by atoms with Gasteiger partial charge in [-0.2, -0.15) is 0 Å². The first-order valence-electron chi connectivity index (χ1n) is 7.61. The third-order valence-electron chi connectivity index (χ3n) is 3.85. The Hall–Kier alpha value is -1.77. The van der Waals surface area contributed by atoms with E-state index in [2.05, 4.69) is 23.6 Å². The predicted octanol–water partition coefficient (Wildman–Crippen LogP) is 4.46. The SMILES string of the molecule is CCc1ccc(NC(=O)N/C=C/C2CCCCC2)cc1. The van der Waals surface area contributed by atoms with E-state index >= 15 is 0 Å². The highest BCUT2D eigenvalue weighted by Crippen LogP contribution is 2.24. The van der Waals surface area contributed by atoms with Gasteiger partial charge in [0.2, 0.25) is 0 Å². The van der Waals surface area contributed by atoms with Crippen molar-refractivity contribution in [2.45, 2.75) is 45.4 Å². The fraction of sp³-hybridized carbons (Fsp3) is 0.471. The summed E-state index contributed by atoms with van der Waals surface area (Å²) in [4.78, 5) is 11.7. The standard InChI is InChI=1S/C17H24N2O/c1-2-14-8-10-16(11-9-14)19-17(20)18-13-12-15-6-4-3-5-7-15/h8-13,15H,2-7H2,1H3,(H2,18,19,20)/b13-12+. The van der Waals surface area contributed by atoms with Gasteiger partial charge in [0, 0.05) is 11.9 Å². The second kappa shape index (κ2) is 7.73. The minimum Gasteiger partial charge on any atom is -0.315 e. The lowest BCUT2D eigenvalue weighted by Gasteiger charge is -2.17. The second-order valence-corrected chi connectivity index (χ2v) is 5.41. The van der Waals surface area contributed by atoms with Crippen LogP contribution in [0.5, 0.6) is 0 Å². The molecule has 2 rings (SSSR count). The molecular formula is C17H24N2O. The molecule has 0 radical (unpaired) electrons. The van der Waals surface area contributed by atoms with Crippen molar-refractivity contribution in [1.82, 2.24) is 5.32 Å². The Kier molecular flexibility index (Phi) is 5.66. The summed E-state index contributed by atoms with van der Waals surface area (Å²) < 4.78 is 0. The van der Waals surface area contributed by atoms with Crippen LogP contribution in [0.2, 0.25) is 0 Å². The van der Waals surface area contributed by atoms with E-state index < -0.39 is 0 Å². The highest BCUT2D eigenvalue weighted by molar-refractivity contribution is 5.89. The van der Waals surface area contributed by atoms with Crippen LogP contribution in [0, 0.1) is 5.92 Å². The summed E-state index contributed by atoms with van der Waals surface area (Å²) in [6.45, 7) is 2.12. The first kappa shape index (κ1) is 14.6. The minimum atomic E-state index is -0.179. The van der Waals surface area contributed by atoms with Crippen molar-refractivity contribution < 1.29 is 4.79 Å². The number of hydrogen-bond acceptors (Lipinski definition) is 1. The van der Waals surface area contributed by atoms with E-state index in [1.165, 1.54) is 37.7 Å². The average Bonchev–Trinajstić information content (AvgIpc) is 2.49. The van der Waals surface area contributed by atoms with Gasteiger partial charge in [-0.3, -0.25) is 0 Å². The van der Waals surface area contributed by atoms with Crippen LogP contribution in [0.25, 0.3) is 0 Å². The minimum absolute atomic E-state index is 0.179. The number of amides is 2. The molecule has 1 fully saturated rings. The lowest BCUT2D eigenvalue weighted by atomic mass is 9.89. The summed E-state index contributed by atoms with van der Waals surface area (Å²) >= 11 is 0. The molecule has 0 unspecified atom stereocenters. The van der Waals surface area contributed by atoms with E-state index in [0.717, 1.165) is 12.1 Å². The zero-order valence-electron chi connectivity index (χ0n) is 12.2. The molecule has 2 N–H and O–H groups in total. The number of allylic oxidation sites excluding steroid dienone is 1. The molecule has 2 amide bonds. The molecule has 3 nitrogen and oxygen atoms in total. The number of hydrogen-bond donors (Lipinski definition) is 2. The molecule has 0 atom stereocenters. The smallest absolute Gasteiger partial charge is 0.315 e. The third-order valence-corrected chi connectivity index (χ3v) is 3.85. The van der Waals surface area contributed by atoms with Gasteiger partial charge in [-0.25, -0.2) is 4.79 Å². The molecular weight excluding hydrogens is 248 g/mol. The topological polar surface area (TPSA) is 41.1 Å². The Labute approximate surface area is 121 Å². The van der Waals surface area contributed by atoms with Crippen molar-refractivity contribution in [2.24, 2.45) is 5.92 Å². The van der Waals surface area contributed by atoms with Crippen LogP contribution in [-0.4, -0.2) is 6.03 Å². The molecule has 20 heavy (non-hydrogen) atoms. The van der Waals surface area contributed by atoms with E-state index in [-0.39, 0.29) is 6.03 Å². The highest BCUT2D eigenvalue weighted by atomic mass is 16.2. The summed E-state index contributed by atoms with van der Waals surface area (Å²) in [6.07, 6.45) is 11.4. The average molecular weight is 272 g/mol. The lowest BCUT2D eigenvalue weighted by Crippen LogP contribution is -2.24. The van der Waals surface area contributed by atoms with Crippen LogP contribution in [0.4, 0.5) is 10.5 Å². The lowest BCUT2D eigenvalue weighted by molar-refractivity contribution is 0.255. The number of carbonyl (C=O) groups excluding carboxylic acids is 1. The molecule has 1 aromatic rings. The summed E-state index contributed by atoms with van der Waals surface area (Å²) in [5, 5.41) is 5.61. The van der Waals surface area contributed by atoms with Crippen LogP contribution < -0.4 is 10.6 Å². The molecule has 1 aliphatic carbocycles. The summed E-state index contributed by atoms with van der Waals surface area (Å²) in [5.74, 6) is 0.632. The van der Waals surface area contributed by atoms with Gasteiger partial charge >= 0.3 is 6.03 Å². The van der Waals surface area contributed by atoms with Crippen LogP contribution >= 0.6 is 0 Å². The Morgan fingerprint density at radius 3 is 2.55 bits per heavy atom. The maximum absolute atomic E-state index is 11.7. The molecule has 0 bridgehead atoms. The third kappa shape index (κ3) is 4.72. The zero-order valence-corrected chi connectivity index (χ0v) is 12.2. The van der Waals surface area contributed by atoms with E-state index in [1.807, 2.05) is 24.3 Å². The molecule has 0 saturated heterocycles. The number of carbonyl (C=O) groups is 1. The molecule has 1 aromatic carbocycles. The number of urea groups is 1. The van der Waals surface area contributed by atoms with E-state index in [0.29, 0.717) is 5.92 Å². The molecule has 0 aliphatic heterocycles. The van der Waals surface area contributed by atoms with Gasteiger partial charge in [0.25, 0.3) is 0 Å². The van der Waals surface area contributed by atoms with Crippen molar-refractivity contribution in [3.05, 3.63) is 42.1 Å². The molecule has 3 heteroatoms. The Morgan fingerprint density at radius 1 is 1.20 bits per heavy atom. The largest absolute Gasteiger partial charge is 0.323 e. The normalized spacial score (nSPS) is 16.2. The van der Waals surface area contributed by atoms with E-state index in [4.69, 9.17) is 0 Å². The van der Waals surface area contributed by atoms with Crippen molar-refractivity contribution in [3.8, 4) is 0 Å².